The van der Waals surface area contributed by atoms with E-state index in [0.29, 0.717) is 10.7 Å². The Bertz CT molecular complexity index is 676. The van der Waals surface area contributed by atoms with E-state index in [0.717, 1.165) is 11.3 Å². The molecule has 2 aromatic carbocycles. The van der Waals surface area contributed by atoms with Crippen LogP contribution in [0.1, 0.15) is 12.5 Å². The molecule has 2 rings (SSSR count). The van der Waals surface area contributed by atoms with Crippen LogP contribution in [0, 0.1) is 6.92 Å². The Kier molecular flexibility index (Phi) is 4.95. The maximum absolute atomic E-state index is 11.8. The Morgan fingerprint density at radius 3 is 2.24 bits per heavy atom. The Hall–Kier alpha value is -2.33. The van der Waals surface area contributed by atoms with Crippen molar-refractivity contribution in [2.45, 2.75) is 13.8 Å². The van der Waals surface area contributed by atoms with Crippen LogP contribution in [0.15, 0.2) is 59.6 Å². The normalized spacial score (nSPS) is 11.0. The van der Waals surface area contributed by atoms with Gasteiger partial charge >= 0.3 is 0 Å². The number of thiocarbonyl (C=S) groups is 1. The van der Waals surface area contributed by atoms with Crippen LogP contribution in [0.4, 0.5) is 11.4 Å². The van der Waals surface area contributed by atoms with Gasteiger partial charge < -0.3 is 5.32 Å². The molecule has 0 unspecified atom stereocenters. The lowest BCUT2D eigenvalue weighted by atomic mass is 10.2. The number of aryl methyl sites for hydroxylation is 1. The molecule has 0 spiro atoms. The van der Waals surface area contributed by atoms with Crippen molar-refractivity contribution in [3.63, 3.8) is 0 Å². The van der Waals surface area contributed by atoms with Crippen LogP contribution in [0.3, 0.4) is 0 Å². The number of hydrogen-bond donors (Lipinski definition) is 1. The fraction of sp³-hybridized carbons (Fsp3) is 0.118. The lowest BCUT2D eigenvalue weighted by Gasteiger charge is -2.09. The van der Waals surface area contributed by atoms with Gasteiger partial charge in [-0.3, -0.25) is 4.79 Å². The summed E-state index contributed by atoms with van der Waals surface area (Å²) in [6.45, 7) is 3.48. The van der Waals surface area contributed by atoms with Gasteiger partial charge in [0, 0.05) is 12.6 Å². The predicted molar refractivity (Wildman–Crippen MR) is 91.6 cm³/mol. The van der Waals surface area contributed by atoms with E-state index in [1.807, 2.05) is 61.5 Å². The molecule has 0 bridgehead atoms. The van der Waals surface area contributed by atoms with Gasteiger partial charge in [0.15, 0.2) is 5.78 Å². The third-order valence-electron chi connectivity index (χ3n) is 2.86. The van der Waals surface area contributed by atoms with Gasteiger partial charge in [0.1, 0.15) is 10.7 Å². The summed E-state index contributed by atoms with van der Waals surface area (Å²) in [5.41, 5.74) is 2.97. The Labute approximate surface area is 129 Å². The first-order chi connectivity index (χ1) is 10.1. The second-order valence-electron chi connectivity index (χ2n) is 4.67. The van der Waals surface area contributed by atoms with Gasteiger partial charge in [0.05, 0.1) is 5.69 Å². The van der Waals surface area contributed by atoms with Gasteiger partial charge in [0.25, 0.3) is 0 Å². The third-order valence-corrected chi connectivity index (χ3v) is 3.15. The number of ketones is 1. The maximum Gasteiger partial charge on any atom is 0.181 e. The van der Waals surface area contributed by atoms with Crippen molar-refractivity contribution >= 4 is 40.1 Å². The molecule has 4 heteroatoms. The monoisotopic (exact) mass is 296 g/mol. The molecule has 0 fully saturated rings. The summed E-state index contributed by atoms with van der Waals surface area (Å²) < 4.78 is 0. The molecule has 2 aromatic rings. The number of benzene rings is 2. The lowest BCUT2D eigenvalue weighted by molar-refractivity contribution is -0.110. The smallest absolute Gasteiger partial charge is 0.181 e. The molecule has 0 aliphatic carbocycles. The van der Waals surface area contributed by atoms with Crippen LogP contribution in [-0.2, 0) is 4.79 Å². The van der Waals surface area contributed by atoms with E-state index in [2.05, 4.69) is 10.3 Å². The van der Waals surface area contributed by atoms with E-state index in [4.69, 9.17) is 12.2 Å². The van der Waals surface area contributed by atoms with Gasteiger partial charge in [-0.2, -0.15) is 0 Å². The average Bonchev–Trinajstić information content (AvgIpc) is 2.48. The van der Waals surface area contributed by atoms with Crippen molar-refractivity contribution in [2.24, 2.45) is 4.99 Å². The summed E-state index contributed by atoms with van der Waals surface area (Å²) in [5.74, 6) is -0.163. The minimum atomic E-state index is -0.163. The maximum atomic E-state index is 11.8. The number of Topliss-reactive ketones (excluding diaryl/α,β-unsaturated/α-hetero) is 1. The molecule has 3 nitrogen and oxygen atoms in total. The van der Waals surface area contributed by atoms with Crippen molar-refractivity contribution in [3.05, 3.63) is 60.2 Å². The molecule has 0 amide bonds. The molecule has 0 saturated heterocycles. The van der Waals surface area contributed by atoms with Crippen molar-refractivity contribution in [3.8, 4) is 0 Å². The molecule has 0 saturated carbocycles. The molecular formula is C17H16N2OS. The first kappa shape index (κ1) is 15.1. The number of hydrogen-bond acceptors (Lipinski definition) is 3. The predicted octanol–water partition coefficient (Wildman–Crippen LogP) is 4.10. The van der Waals surface area contributed by atoms with Gasteiger partial charge in [-0.15, -0.1) is 0 Å². The number of anilines is 1. The van der Waals surface area contributed by atoms with Crippen molar-refractivity contribution < 1.29 is 4.79 Å². The number of carbonyl (C=O) groups is 1. The summed E-state index contributed by atoms with van der Waals surface area (Å²) in [6.07, 6.45) is 0. The summed E-state index contributed by atoms with van der Waals surface area (Å²) >= 11 is 5.30. The molecule has 0 radical (unpaired) electrons. The summed E-state index contributed by atoms with van der Waals surface area (Å²) in [4.78, 5) is 16.4. The van der Waals surface area contributed by atoms with Gasteiger partial charge in [-0.25, -0.2) is 4.99 Å². The topological polar surface area (TPSA) is 41.5 Å². The molecule has 0 aromatic heterocycles. The van der Waals surface area contributed by atoms with Gasteiger partial charge in [-0.1, -0.05) is 48.1 Å². The van der Waals surface area contributed by atoms with Crippen LogP contribution >= 0.6 is 12.2 Å². The molecule has 106 valence electrons. The zero-order chi connectivity index (χ0) is 15.2. The van der Waals surface area contributed by atoms with Crippen LogP contribution < -0.4 is 5.32 Å². The van der Waals surface area contributed by atoms with E-state index in [1.54, 1.807) is 0 Å². The summed E-state index contributed by atoms with van der Waals surface area (Å²) in [5, 5.41) is 3.05. The van der Waals surface area contributed by atoms with Crippen LogP contribution in [0.5, 0.6) is 0 Å². The molecule has 0 heterocycles. The molecule has 21 heavy (non-hydrogen) atoms. The number of aliphatic imine (C=N–C) groups is 1. The highest BCUT2D eigenvalue weighted by Crippen LogP contribution is 2.13. The first-order valence-electron chi connectivity index (χ1n) is 6.59. The number of nitrogens with one attached hydrogen (secondary N) is 1. The second kappa shape index (κ2) is 6.90. The van der Waals surface area contributed by atoms with Crippen LogP contribution in [0.2, 0.25) is 0 Å². The van der Waals surface area contributed by atoms with Gasteiger partial charge in [0.2, 0.25) is 0 Å². The van der Waals surface area contributed by atoms with Gasteiger partial charge in [-0.05, 0) is 31.2 Å². The van der Waals surface area contributed by atoms with Crippen LogP contribution in [-0.4, -0.2) is 16.5 Å². The number of rotatable bonds is 4. The van der Waals surface area contributed by atoms with Crippen molar-refractivity contribution in [1.82, 2.24) is 0 Å². The van der Waals surface area contributed by atoms with E-state index in [1.165, 1.54) is 6.92 Å². The SMILES string of the molecule is CC(=O)C(=Nc1ccccc1)C(=S)Nc1ccc(C)cc1. The zero-order valence-corrected chi connectivity index (χ0v) is 12.8. The Morgan fingerprint density at radius 1 is 1.05 bits per heavy atom. The first-order valence-corrected chi connectivity index (χ1v) is 7.00. The standard InChI is InChI=1S/C17H16N2OS/c1-12-8-10-15(11-9-12)19-17(21)16(13(2)20)18-14-6-4-3-5-7-14/h3-11H,1-2H3,(H,19,21). The van der Waals surface area contributed by atoms with Crippen molar-refractivity contribution in [1.29, 1.82) is 0 Å². The number of para-hydroxylation sites is 1. The Balaban J connectivity index is 2.22. The third kappa shape index (κ3) is 4.33. The zero-order valence-electron chi connectivity index (χ0n) is 12.0. The average molecular weight is 296 g/mol. The number of nitrogens with zero attached hydrogens (tertiary/aromatic N) is 1. The quantitative estimate of drug-likeness (QED) is 0.682. The minimum Gasteiger partial charge on any atom is -0.345 e. The molecule has 0 aliphatic rings. The summed E-state index contributed by atoms with van der Waals surface area (Å²) in [7, 11) is 0. The van der Waals surface area contributed by atoms with Crippen LogP contribution in [0.25, 0.3) is 0 Å². The Morgan fingerprint density at radius 2 is 1.67 bits per heavy atom. The molecule has 0 atom stereocenters. The minimum absolute atomic E-state index is 0.163. The van der Waals surface area contributed by atoms with E-state index in [-0.39, 0.29) is 11.5 Å². The molecular weight excluding hydrogens is 280 g/mol. The molecule has 0 aliphatic heterocycles. The highest BCUT2D eigenvalue weighted by molar-refractivity contribution is 7.82. The highest BCUT2D eigenvalue weighted by atomic mass is 32.1. The second-order valence-corrected chi connectivity index (χ2v) is 5.08. The summed E-state index contributed by atoms with van der Waals surface area (Å²) in [6, 6.07) is 17.1. The largest absolute Gasteiger partial charge is 0.345 e. The van der Waals surface area contributed by atoms with Crippen molar-refractivity contribution in [2.75, 3.05) is 5.32 Å². The van der Waals surface area contributed by atoms with E-state index < -0.39 is 0 Å². The van der Waals surface area contributed by atoms with E-state index in [9.17, 15) is 4.79 Å². The molecule has 1 N–H and O–H groups in total. The number of carbonyl (C=O) groups excluding carboxylic acids is 1. The fourth-order valence-corrected chi connectivity index (χ4v) is 2.06. The lowest BCUT2D eigenvalue weighted by Crippen LogP contribution is -2.26. The fourth-order valence-electron chi connectivity index (χ4n) is 1.75. The van der Waals surface area contributed by atoms with E-state index >= 15 is 0 Å². The highest BCUT2D eigenvalue weighted by Gasteiger charge is 2.13.